The lowest BCUT2D eigenvalue weighted by Gasteiger charge is -2.07. The zero-order chi connectivity index (χ0) is 15.2. The van der Waals surface area contributed by atoms with E-state index in [0.717, 1.165) is 11.3 Å². The SMILES string of the molecule is CCOC(=O)Cc1csc(NC(=O)NCC(F)(F)F)n1. The van der Waals surface area contributed by atoms with Gasteiger partial charge in [0.05, 0.1) is 18.7 Å². The highest BCUT2D eigenvalue weighted by Gasteiger charge is 2.27. The number of carbonyl (C=O) groups excluding carboxylic acids is 2. The van der Waals surface area contributed by atoms with Gasteiger partial charge in [0.15, 0.2) is 5.13 Å². The van der Waals surface area contributed by atoms with Crippen LogP contribution in [0.3, 0.4) is 0 Å². The summed E-state index contributed by atoms with van der Waals surface area (Å²) in [6.45, 7) is 0.477. The smallest absolute Gasteiger partial charge is 0.405 e. The molecule has 0 saturated heterocycles. The van der Waals surface area contributed by atoms with E-state index in [4.69, 9.17) is 4.74 Å². The van der Waals surface area contributed by atoms with Crippen molar-refractivity contribution in [2.45, 2.75) is 19.5 Å². The lowest BCUT2D eigenvalue weighted by Crippen LogP contribution is -2.36. The largest absolute Gasteiger partial charge is 0.466 e. The number of carbonyl (C=O) groups is 2. The Kier molecular flexibility index (Phi) is 5.74. The molecule has 6 nitrogen and oxygen atoms in total. The molecule has 1 rings (SSSR count). The van der Waals surface area contributed by atoms with Crippen LogP contribution in [-0.2, 0) is 16.0 Å². The highest BCUT2D eigenvalue weighted by molar-refractivity contribution is 7.13. The summed E-state index contributed by atoms with van der Waals surface area (Å²) in [4.78, 5) is 26.2. The van der Waals surface area contributed by atoms with Crippen LogP contribution in [0.4, 0.5) is 23.1 Å². The molecule has 1 aromatic rings. The number of nitrogens with one attached hydrogen (secondary N) is 2. The molecule has 1 aromatic heterocycles. The Morgan fingerprint density at radius 1 is 1.45 bits per heavy atom. The van der Waals surface area contributed by atoms with E-state index in [0.29, 0.717) is 5.69 Å². The van der Waals surface area contributed by atoms with Gasteiger partial charge in [-0.1, -0.05) is 0 Å². The number of thiazole rings is 1. The Hall–Kier alpha value is -1.84. The average Bonchev–Trinajstić information content (AvgIpc) is 2.73. The van der Waals surface area contributed by atoms with Crippen LogP contribution in [0.15, 0.2) is 5.38 Å². The van der Waals surface area contributed by atoms with Gasteiger partial charge >= 0.3 is 18.2 Å². The van der Waals surface area contributed by atoms with Crippen molar-refractivity contribution in [1.29, 1.82) is 0 Å². The van der Waals surface area contributed by atoms with Crippen LogP contribution in [0, 0.1) is 0 Å². The monoisotopic (exact) mass is 311 g/mol. The molecule has 0 unspecified atom stereocenters. The summed E-state index contributed by atoms with van der Waals surface area (Å²) in [7, 11) is 0. The zero-order valence-electron chi connectivity index (χ0n) is 10.4. The van der Waals surface area contributed by atoms with Crippen molar-refractivity contribution >= 4 is 28.5 Å². The highest BCUT2D eigenvalue weighted by Crippen LogP contribution is 2.16. The lowest BCUT2D eigenvalue weighted by molar-refractivity contribution is -0.142. The van der Waals surface area contributed by atoms with Crippen LogP contribution in [0.1, 0.15) is 12.6 Å². The fourth-order valence-electron chi connectivity index (χ4n) is 1.13. The van der Waals surface area contributed by atoms with E-state index in [1.165, 1.54) is 5.38 Å². The second-order valence-electron chi connectivity index (χ2n) is 3.55. The molecule has 112 valence electrons. The van der Waals surface area contributed by atoms with Gasteiger partial charge in [0, 0.05) is 5.38 Å². The van der Waals surface area contributed by atoms with Gasteiger partial charge in [-0.15, -0.1) is 11.3 Å². The second kappa shape index (κ2) is 7.08. The molecule has 0 atom stereocenters. The predicted octanol–water partition coefficient (Wildman–Crippen LogP) is 1.93. The maximum absolute atomic E-state index is 11.9. The third-order valence-corrected chi connectivity index (χ3v) is 2.66. The Morgan fingerprint density at radius 3 is 2.75 bits per heavy atom. The molecule has 20 heavy (non-hydrogen) atoms. The predicted molar refractivity (Wildman–Crippen MR) is 65.5 cm³/mol. The molecule has 0 fully saturated rings. The maximum atomic E-state index is 11.9. The van der Waals surface area contributed by atoms with Crippen molar-refractivity contribution < 1.29 is 27.5 Å². The first-order valence-corrected chi connectivity index (χ1v) is 6.39. The number of esters is 1. The van der Waals surface area contributed by atoms with Crippen molar-refractivity contribution in [3.05, 3.63) is 11.1 Å². The molecule has 0 bridgehead atoms. The summed E-state index contributed by atoms with van der Waals surface area (Å²) in [5.41, 5.74) is 0.375. The summed E-state index contributed by atoms with van der Waals surface area (Å²) in [5.74, 6) is -0.467. The number of ether oxygens (including phenoxy) is 1. The van der Waals surface area contributed by atoms with Crippen molar-refractivity contribution in [3.63, 3.8) is 0 Å². The summed E-state index contributed by atoms with van der Waals surface area (Å²) >= 11 is 0.999. The number of hydrogen-bond acceptors (Lipinski definition) is 5. The van der Waals surface area contributed by atoms with Crippen LogP contribution in [0.25, 0.3) is 0 Å². The number of hydrogen-bond donors (Lipinski definition) is 2. The number of nitrogens with zero attached hydrogens (tertiary/aromatic N) is 1. The van der Waals surface area contributed by atoms with E-state index in [9.17, 15) is 22.8 Å². The van der Waals surface area contributed by atoms with Crippen LogP contribution < -0.4 is 10.6 Å². The van der Waals surface area contributed by atoms with Crippen LogP contribution in [-0.4, -0.2) is 36.3 Å². The van der Waals surface area contributed by atoms with Gasteiger partial charge in [0.2, 0.25) is 0 Å². The molecule has 0 spiro atoms. The number of amides is 2. The molecule has 0 aliphatic rings. The Bertz CT molecular complexity index is 476. The third-order valence-electron chi connectivity index (χ3n) is 1.85. The maximum Gasteiger partial charge on any atom is 0.405 e. The second-order valence-corrected chi connectivity index (χ2v) is 4.41. The van der Waals surface area contributed by atoms with Crippen molar-refractivity contribution in [2.75, 3.05) is 18.5 Å². The van der Waals surface area contributed by atoms with E-state index in [-0.39, 0.29) is 18.2 Å². The van der Waals surface area contributed by atoms with Gasteiger partial charge in [0.25, 0.3) is 0 Å². The first-order valence-electron chi connectivity index (χ1n) is 5.52. The summed E-state index contributed by atoms with van der Waals surface area (Å²) in [6, 6.07) is -1.01. The fourth-order valence-corrected chi connectivity index (χ4v) is 1.83. The third kappa shape index (κ3) is 6.36. The summed E-state index contributed by atoms with van der Waals surface area (Å²) in [5, 5.41) is 5.40. The standard InChI is InChI=1S/C10H12F3N3O3S/c1-2-19-7(17)3-6-4-20-9(15-6)16-8(18)14-5-10(11,12)13/h4H,2-3,5H2,1H3,(H2,14,15,16,18). The first-order chi connectivity index (χ1) is 9.30. The minimum absolute atomic E-state index is 0.0593. The van der Waals surface area contributed by atoms with Gasteiger partial charge in [-0.25, -0.2) is 9.78 Å². The molecule has 10 heteroatoms. The summed E-state index contributed by atoms with van der Waals surface area (Å²) < 4.78 is 40.3. The Morgan fingerprint density at radius 2 is 2.15 bits per heavy atom. The fraction of sp³-hybridized carbons (Fsp3) is 0.500. The zero-order valence-corrected chi connectivity index (χ0v) is 11.2. The van der Waals surface area contributed by atoms with E-state index in [1.54, 1.807) is 12.2 Å². The average molecular weight is 311 g/mol. The van der Waals surface area contributed by atoms with Crippen molar-refractivity contribution in [3.8, 4) is 0 Å². The van der Waals surface area contributed by atoms with Gasteiger partial charge < -0.3 is 10.1 Å². The van der Waals surface area contributed by atoms with Gasteiger partial charge in [0.1, 0.15) is 6.54 Å². The topological polar surface area (TPSA) is 80.3 Å². The number of rotatable bonds is 5. The van der Waals surface area contributed by atoms with E-state index >= 15 is 0 Å². The van der Waals surface area contributed by atoms with Crippen molar-refractivity contribution in [2.24, 2.45) is 0 Å². The van der Waals surface area contributed by atoms with Gasteiger partial charge in [-0.3, -0.25) is 10.1 Å². The summed E-state index contributed by atoms with van der Waals surface area (Å²) in [6.07, 6.45) is -4.54. The number of halogens is 3. The number of alkyl halides is 3. The molecular formula is C10H12F3N3O3S. The van der Waals surface area contributed by atoms with E-state index in [2.05, 4.69) is 10.3 Å². The lowest BCUT2D eigenvalue weighted by atomic mass is 10.3. The van der Waals surface area contributed by atoms with Crippen molar-refractivity contribution in [1.82, 2.24) is 10.3 Å². The Balaban J connectivity index is 2.43. The minimum Gasteiger partial charge on any atom is -0.466 e. The highest BCUT2D eigenvalue weighted by atomic mass is 32.1. The van der Waals surface area contributed by atoms with E-state index in [1.807, 2.05) is 0 Å². The first kappa shape index (κ1) is 16.2. The molecule has 0 radical (unpaired) electrons. The number of anilines is 1. The number of aromatic nitrogens is 1. The molecule has 0 aliphatic heterocycles. The molecule has 2 amide bonds. The molecule has 2 N–H and O–H groups in total. The normalized spacial score (nSPS) is 11.0. The number of urea groups is 1. The Labute approximate surface area is 116 Å². The van der Waals surface area contributed by atoms with Crippen LogP contribution >= 0.6 is 11.3 Å². The molecule has 0 aromatic carbocycles. The van der Waals surface area contributed by atoms with Gasteiger partial charge in [-0.2, -0.15) is 13.2 Å². The van der Waals surface area contributed by atoms with Gasteiger partial charge in [-0.05, 0) is 6.92 Å². The molecule has 0 saturated carbocycles. The molecule has 0 aliphatic carbocycles. The van der Waals surface area contributed by atoms with Crippen LogP contribution in [0.2, 0.25) is 0 Å². The van der Waals surface area contributed by atoms with Crippen LogP contribution in [0.5, 0.6) is 0 Å². The minimum atomic E-state index is -4.48. The molecular weight excluding hydrogens is 299 g/mol. The molecule has 1 heterocycles. The quantitative estimate of drug-likeness (QED) is 0.814. The van der Waals surface area contributed by atoms with E-state index < -0.39 is 24.7 Å².